The Bertz CT molecular complexity index is 408. The van der Waals surface area contributed by atoms with Gasteiger partial charge in [0.1, 0.15) is 11.6 Å². The van der Waals surface area contributed by atoms with E-state index in [0.29, 0.717) is 24.7 Å². The molecule has 2 heterocycles. The van der Waals surface area contributed by atoms with Gasteiger partial charge in [0.15, 0.2) is 0 Å². The summed E-state index contributed by atoms with van der Waals surface area (Å²) in [5.74, 6) is 0.833. The molecule has 4 nitrogen and oxygen atoms in total. The normalized spacial score (nSPS) is 22.1. The first kappa shape index (κ1) is 13.1. The fraction of sp³-hybridized carbons (Fsp3) is 0.636. The van der Waals surface area contributed by atoms with Gasteiger partial charge < -0.3 is 5.73 Å². The Morgan fingerprint density at radius 1 is 1.44 bits per heavy atom. The smallest absolute Gasteiger partial charge is 0.384 e. The van der Waals surface area contributed by atoms with Gasteiger partial charge >= 0.3 is 6.18 Å². The summed E-state index contributed by atoms with van der Waals surface area (Å²) in [6, 6.07) is 1.57. The number of anilines is 1. The van der Waals surface area contributed by atoms with E-state index in [2.05, 4.69) is 9.97 Å². The lowest BCUT2D eigenvalue weighted by Gasteiger charge is -2.32. The van der Waals surface area contributed by atoms with Crippen LogP contribution in [-0.2, 0) is 0 Å². The average molecular weight is 260 g/mol. The molecule has 2 rings (SSSR count). The third-order valence-corrected chi connectivity index (χ3v) is 2.97. The quantitative estimate of drug-likeness (QED) is 0.881. The van der Waals surface area contributed by atoms with Crippen LogP contribution in [-0.4, -0.2) is 40.7 Å². The number of piperidine rings is 1. The van der Waals surface area contributed by atoms with Gasteiger partial charge in [-0.25, -0.2) is 9.97 Å². The van der Waals surface area contributed by atoms with Gasteiger partial charge in [-0.1, -0.05) is 0 Å². The lowest BCUT2D eigenvalue weighted by molar-refractivity contribution is -0.148. The van der Waals surface area contributed by atoms with Crippen LogP contribution < -0.4 is 5.73 Å². The van der Waals surface area contributed by atoms with Gasteiger partial charge in [-0.05, 0) is 25.5 Å². The summed E-state index contributed by atoms with van der Waals surface area (Å²) in [5, 5.41) is 0. The first-order chi connectivity index (χ1) is 8.44. The van der Waals surface area contributed by atoms with Crippen LogP contribution in [0, 0.1) is 0 Å². The van der Waals surface area contributed by atoms with Crippen LogP contribution in [0.15, 0.2) is 12.3 Å². The number of nitrogens with zero attached hydrogens (tertiary/aromatic N) is 3. The van der Waals surface area contributed by atoms with Crippen LogP contribution >= 0.6 is 0 Å². The molecule has 0 radical (unpaired) electrons. The molecule has 0 aliphatic carbocycles. The van der Waals surface area contributed by atoms with Crippen molar-refractivity contribution >= 4 is 5.82 Å². The van der Waals surface area contributed by atoms with E-state index in [-0.39, 0.29) is 5.92 Å². The van der Waals surface area contributed by atoms with Crippen molar-refractivity contribution in [3.63, 3.8) is 0 Å². The second-order valence-electron chi connectivity index (χ2n) is 4.53. The van der Waals surface area contributed by atoms with Crippen molar-refractivity contribution in [3.8, 4) is 0 Å². The Morgan fingerprint density at radius 3 is 2.89 bits per heavy atom. The van der Waals surface area contributed by atoms with E-state index in [0.717, 1.165) is 12.8 Å². The first-order valence-corrected chi connectivity index (χ1v) is 5.81. The fourth-order valence-corrected chi connectivity index (χ4v) is 2.25. The molecule has 0 unspecified atom stereocenters. The molecule has 2 N–H and O–H groups in total. The van der Waals surface area contributed by atoms with Gasteiger partial charge in [-0.2, -0.15) is 13.2 Å². The number of hydrogen-bond donors (Lipinski definition) is 1. The number of aromatic nitrogens is 2. The van der Waals surface area contributed by atoms with E-state index in [9.17, 15) is 13.2 Å². The highest BCUT2D eigenvalue weighted by molar-refractivity contribution is 5.26. The SMILES string of the molecule is Nc1ccnc([C@H]2CCCN(CC(F)(F)F)C2)n1. The summed E-state index contributed by atoms with van der Waals surface area (Å²) in [4.78, 5) is 9.59. The Hall–Kier alpha value is -1.37. The number of rotatable bonds is 2. The highest BCUT2D eigenvalue weighted by Crippen LogP contribution is 2.27. The van der Waals surface area contributed by atoms with Crippen molar-refractivity contribution in [2.75, 3.05) is 25.4 Å². The molecule has 1 aromatic heterocycles. The van der Waals surface area contributed by atoms with Gasteiger partial charge in [-0.3, -0.25) is 4.90 Å². The van der Waals surface area contributed by atoms with Crippen LogP contribution in [0.4, 0.5) is 19.0 Å². The monoisotopic (exact) mass is 260 g/mol. The van der Waals surface area contributed by atoms with E-state index in [1.807, 2.05) is 0 Å². The summed E-state index contributed by atoms with van der Waals surface area (Å²) in [7, 11) is 0. The molecular formula is C11H15F3N4. The largest absolute Gasteiger partial charge is 0.401 e. The van der Waals surface area contributed by atoms with Crippen LogP contribution in [0.2, 0.25) is 0 Å². The Labute approximate surface area is 103 Å². The summed E-state index contributed by atoms with van der Waals surface area (Å²) >= 11 is 0. The molecular weight excluding hydrogens is 245 g/mol. The van der Waals surface area contributed by atoms with Crippen molar-refractivity contribution in [2.24, 2.45) is 0 Å². The fourth-order valence-electron chi connectivity index (χ4n) is 2.25. The second-order valence-corrected chi connectivity index (χ2v) is 4.53. The molecule has 1 aliphatic rings. The van der Waals surface area contributed by atoms with Gasteiger partial charge in [0.2, 0.25) is 0 Å². The van der Waals surface area contributed by atoms with E-state index >= 15 is 0 Å². The van der Waals surface area contributed by atoms with Crippen molar-refractivity contribution in [2.45, 2.75) is 24.9 Å². The highest BCUT2D eigenvalue weighted by Gasteiger charge is 2.33. The maximum absolute atomic E-state index is 12.3. The van der Waals surface area contributed by atoms with Crippen LogP contribution in [0.1, 0.15) is 24.6 Å². The molecule has 0 amide bonds. The number of nitrogen functional groups attached to an aromatic ring is 1. The summed E-state index contributed by atoms with van der Waals surface area (Å²) < 4.78 is 37.0. The molecule has 0 saturated carbocycles. The summed E-state index contributed by atoms with van der Waals surface area (Å²) in [6.45, 7) is -0.0624. The van der Waals surface area contributed by atoms with Gasteiger partial charge in [0, 0.05) is 18.7 Å². The lowest BCUT2D eigenvalue weighted by Crippen LogP contribution is -2.41. The highest BCUT2D eigenvalue weighted by atomic mass is 19.4. The number of alkyl halides is 3. The van der Waals surface area contributed by atoms with Gasteiger partial charge in [0.05, 0.1) is 6.54 Å². The van der Waals surface area contributed by atoms with Gasteiger partial charge in [0.25, 0.3) is 0 Å². The molecule has 1 atom stereocenters. The summed E-state index contributed by atoms with van der Waals surface area (Å²) in [5.41, 5.74) is 5.56. The van der Waals surface area contributed by atoms with Gasteiger partial charge in [-0.15, -0.1) is 0 Å². The zero-order valence-electron chi connectivity index (χ0n) is 9.82. The van der Waals surface area contributed by atoms with E-state index in [4.69, 9.17) is 5.73 Å². The zero-order valence-corrected chi connectivity index (χ0v) is 9.82. The molecule has 100 valence electrons. The van der Waals surface area contributed by atoms with Crippen molar-refractivity contribution < 1.29 is 13.2 Å². The van der Waals surface area contributed by atoms with Crippen molar-refractivity contribution in [1.29, 1.82) is 0 Å². The average Bonchev–Trinajstić information content (AvgIpc) is 2.27. The van der Waals surface area contributed by atoms with E-state index in [1.54, 1.807) is 12.3 Å². The maximum atomic E-state index is 12.3. The Morgan fingerprint density at radius 2 is 2.22 bits per heavy atom. The minimum atomic E-state index is -4.15. The third kappa shape index (κ3) is 3.56. The topological polar surface area (TPSA) is 55.0 Å². The number of halogens is 3. The molecule has 1 saturated heterocycles. The standard InChI is InChI=1S/C11H15F3N4/c12-11(13,14)7-18-5-1-2-8(6-18)10-16-4-3-9(15)17-10/h3-4,8H,1-2,5-7H2,(H2,15,16,17)/t8-/m0/s1. The van der Waals surface area contributed by atoms with E-state index < -0.39 is 12.7 Å². The predicted molar refractivity (Wildman–Crippen MR) is 60.9 cm³/mol. The molecule has 1 aromatic rings. The molecule has 0 spiro atoms. The molecule has 7 heteroatoms. The number of nitrogens with two attached hydrogens (primary N) is 1. The van der Waals surface area contributed by atoms with Crippen molar-refractivity contribution in [1.82, 2.24) is 14.9 Å². The van der Waals surface area contributed by atoms with E-state index in [1.165, 1.54) is 4.90 Å². The molecule has 0 aromatic carbocycles. The number of hydrogen-bond acceptors (Lipinski definition) is 4. The lowest BCUT2D eigenvalue weighted by atomic mass is 9.97. The minimum Gasteiger partial charge on any atom is -0.384 e. The maximum Gasteiger partial charge on any atom is 0.401 e. The Balaban J connectivity index is 2.02. The third-order valence-electron chi connectivity index (χ3n) is 2.97. The zero-order chi connectivity index (χ0) is 13.2. The van der Waals surface area contributed by atoms with Crippen LogP contribution in [0.5, 0.6) is 0 Å². The molecule has 0 bridgehead atoms. The van der Waals surface area contributed by atoms with Crippen LogP contribution in [0.25, 0.3) is 0 Å². The van der Waals surface area contributed by atoms with Crippen LogP contribution in [0.3, 0.4) is 0 Å². The molecule has 1 aliphatic heterocycles. The molecule has 18 heavy (non-hydrogen) atoms. The molecule has 1 fully saturated rings. The first-order valence-electron chi connectivity index (χ1n) is 5.81. The minimum absolute atomic E-state index is 0.0652. The summed E-state index contributed by atoms with van der Waals surface area (Å²) in [6.07, 6.45) is -1.09. The second kappa shape index (κ2) is 5.09. The van der Waals surface area contributed by atoms with Crippen molar-refractivity contribution in [3.05, 3.63) is 18.1 Å². The predicted octanol–water partition coefficient (Wildman–Crippen LogP) is 1.80. The Kier molecular flexibility index (Phi) is 3.70. The number of likely N-dealkylation sites (tertiary alicyclic amines) is 1.